The number of Topliss-reactive ketones (excluding diaryl/α,β-unsaturated/α-hetero) is 1. The van der Waals surface area contributed by atoms with Crippen molar-refractivity contribution >= 4 is 27.2 Å². The van der Waals surface area contributed by atoms with Gasteiger partial charge in [0.15, 0.2) is 17.3 Å². The fraction of sp³-hybridized carbons (Fsp3) is 0.231. The van der Waals surface area contributed by atoms with Crippen molar-refractivity contribution in [1.82, 2.24) is 4.98 Å². The Balaban J connectivity index is 1.52. The number of hydrogen-bond acceptors (Lipinski definition) is 6. The minimum atomic E-state index is -0.351. The first-order valence-electron chi connectivity index (χ1n) is 10.5. The number of thiophene rings is 1. The van der Waals surface area contributed by atoms with Gasteiger partial charge in [0.1, 0.15) is 5.82 Å². The molecule has 0 aliphatic carbocycles. The molecule has 0 radical (unpaired) electrons. The van der Waals surface area contributed by atoms with Crippen LogP contribution >= 0.6 is 11.3 Å². The van der Waals surface area contributed by atoms with Gasteiger partial charge < -0.3 is 14.2 Å². The lowest BCUT2D eigenvalue weighted by Crippen LogP contribution is -2.08. The van der Waals surface area contributed by atoms with Crippen molar-refractivity contribution in [3.63, 3.8) is 0 Å². The summed E-state index contributed by atoms with van der Waals surface area (Å²) in [5, 5.41) is 2.75. The summed E-state index contributed by atoms with van der Waals surface area (Å²) in [4.78, 5) is 17.6. The number of fused-ring (bicyclic) bond motifs is 1. The van der Waals surface area contributed by atoms with Crippen LogP contribution in [-0.4, -0.2) is 32.1 Å². The van der Waals surface area contributed by atoms with Crippen LogP contribution in [0.15, 0.2) is 60.0 Å². The van der Waals surface area contributed by atoms with Crippen LogP contribution in [0.2, 0.25) is 0 Å². The molecule has 7 heteroatoms. The van der Waals surface area contributed by atoms with Crippen molar-refractivity contribution in [2.24, 2.45) is 0 Å². The van der Waals surface area contributed by atoms with Crippen LogP contribution in [0.3, 0.4) is 0 Å². The molecular weight excluding hydrogens is 441 g/mol. The minimum absolute atomic E-state index is 0.0199. The molecule has 2 heterocycles. The van der Waals surface area contributed by atoms with E-state index in [9.17, 15) is 9.18 Å². The maximum absolute atomic E-state index is 14.1. The van der Waals surface area contributed by atoms with Gasteiger partial charge in [-0.05, 0) is 42.8 Å². The lowest BCUT2D eigenvalue weighted by molar-refractivity contribution is 0.0797. The standard InChI is InChI=1S/C26H24FNO4S/c1-30-23(13-11-22(29)16-10-12-24(31-2)25(14-16)32-3)21-9-5-8-20(28-21)18-15-33-26-17(18)6-4-7-19(26)27/h4-10,12,14-15,23H,11,13H2,1-3H3. The third kappa shape index (κ3) is 4.74. The highest BCUT2D eigenvalue weighted by Crippen LogP contribution is 2.35. The van der Waals surface area contributed by atoms with E-state index < -0.39 is 0 Å². The van der Waals surface area contributed by atoms with E-state index in [1.165, 1.54) is 24.5 Å². The Morgan fingerprint density at radius 3 is 2.58 bits per heavy atom. The zero-order chi connectivity index (χ0) is 23.4. The van der Waals surface area contributed by atoms with Crippen LogP contribution < -0.4 is 9.47 Å². The second kappa shape index (κ2) is 10.1. The predicted octanol–water partition coefficient (Wildman–Crippen LogP) is 6.47. The van der Waals surface area contributed by atoms with Crippen molar-refractivity contribution in [2.75, 3.05) is 21.3 Å². The first kappa shape index (κ1) is 22.9. The van der Waals surface area contributed by atoms with E-state index >= 15 is 0 Å². The summed E-state index contributed by atoms with van der Waals surface area (Å²) in [7, 11) is 4.70. The number of benzene rings is 2. The number of carbonyl (C=O) groups is 1. The average Bonchev–Trinajstić information content (AvgIpc) is 3.29. The number of hydrogen-bond donors (Lipinski definition) is 0. The van der Waals surface area contributed by atoms with Crippen molar-refractivity contribution in [3.05, 3.63) is 77.1 Å². The van der Waals surface area contributed by atoms with Crippen molar-refractivity contribution < 1.29 is 23.4 Å². The molecule has 5 nitrogen and oxygen atoms in total. The first-order chi connectivity index (χ1) is 16.0. The van der Waals surface area contributed by atoms with Gasteiger partial charge in [-0.25, -0.2) is 4.39 Å². The molecular formula is C26H24FNO4S. The highest BCUT2D eigenvalue weighted by atomic mass is 32.1. The van der Waals surface area contributed by atoms with Crippen LogP contribution in [0.4, 0.5) is 4.39 Å². The molecule has 0 saturated carbocycles. The van der Waals surface area contributed by atoms with E-state index in [4.69, 9.17) is 19.2 Å². The van der Waals surface area contributed by atoms with E-state index in [1.807, 2.05) is 29.6 Å². The fourth-order valence-corrected chi connectivity index (χ4v) is 4.77. The molecule has 2 aromatic carbocycles. The summed E-state index contributed by atoms with van der Waals surface area (Å²) < 4.78 is 30.9. The highest BCUT2D eigenvalue weighted by molar-refractivity contribution is 7.17. The third-order valence-electron chi connectivity index (χ3n) is 5.55. The Morgan fingerprint density at radius 2 is 1.82 bits per heavy atom. The molecule has 0 aliphatic heterocycles. The molecule has 1 atom stereocenters. The van der Waals surface area contributed by atoms with Gasteiger partial charge in [-0.15, -0.1) is 11.3 Å². The van der Waals surface area contributed by atoms with Crippen LogP contribution in [0.5, 0.6) is 11.5 Å². The van der Waals surface area contributed by atoms with Crippen molar-refractivity contribution in [2.45, 2.75) is 18.9 Å². The van der Waals surface area contributed by atoms with Gasteiger partial charge in [0, 0.05) is 35.4 Å². The number of carbonyl (C=O) groups excluding carboxylic acids is 1. The van der Waals surface area contributed by atoms with Crippen LogP contribution in [0, 0.1) is 5.82 Å². The Bertz CT molecular complexity index is 1290. The van der Waals surface area contributed by atoms with Gasteiger partial charge in [0.2, 0.25) is 0 Å². The number of aromatic nitrogens is 1. The van der Waals surface area contributed by atoms with Crippen LogP contribution in [0.25, 0.3) is 21.3 Å². The van der Waals surface area contributed by atoms with Crippen molar-refractivity contribution in [1.29, 1.82) is 0 Å². The van der Waals surface area contributed by atoms with Crippen LogP contribution in [-0.2, 0) is 4.74 Å². The highest BCUT2D eigenvalue weighted by Gasteiger charge is 2.18. The van der Waals surface area contributed by atoms with E-state index in [-0.39, 0.29) is 24.1 Å². The number of methoxy groups -OCH3 is 3. The second-order valence-corrected chi connectivity index (χ2v) is 8.35. The summed E-state index contributed by atoms with van der Waals surface area (Å²) in [6.45, 7) is 0. The Kier molecular flexibility index (Phi) is 7.01. The quantitative estimate of drug-likeness (QED) is 0.265. The molecule has 0 amide bonds. The average molecular weight is 466 g/mol. The molecule has 2 aromatic heterocycles. The molecule has 4 rings (SSSR count). The molecule has 0 bridgehead atoms. The van der Waals surface area contributed by atoms with Crippen molar-refractivity contribution in [3.8, 4) is 22.8 Å². The second-order valence-electron chi connectivity index (χ2n) is 7.47. The number of ether oxygens (including phenoxy) is 3. The zero-order valence-electron chi connectivity index (χ0n) is 18.6. The summed E-state index contributed by atoms with van der Waals surface area (Å²) in [5.74, 6) is 0.836. The molecule has 0 N–H and O–H groups in total. The Labute approximate surface area is 195 Å². The van der Waals surface area contributed by atoms with Gasteiger partial charge in [-0.3, -0.25) is 9.78 Å². The molecule has 0 saturated heterocycles. The molecule has 33 heavy (non-hydrogen) atoms. The van der Waals surface area contributed by atoms with Gasteiger partial charge in [-0.1, -0.05) is 18.2 Å². The SMILES string of the molecule is COc1ccc(C(=O)CCC(OC)c2cccc(-c3csc4c(F)cccc34)n2)cc1OC. The smallest absolute Gasteiger partial charge is 0.163 e. The van der Waals surface area contributed by atoms with Gasteiger partial charge in [-0.2, -0.15) is 0 Å². The Hall–Kier alpha value is -3.29. The molecule has 1 unspecified atom stereocenters. The molecule has 0 spiro atoms. The number of nitrogens with zero attached hydrogens (tertiary/aromatic N) is 1. The fourth-order valence-electron chi connectivity index (χ4n) is 3.80. The van der Waals surface area contributed by atoms with E-state index in [2.05, 4.69) is 0 Å². The molecule has 4 aromatic rings. The van der Waals surface area contributed by atoms with E-state index in [0.29, 0.717) is 28.2 Å². The lowest BCUT2D eigenvalue weighted by atomic mass is 10.0. The van der Waals surface area contributed by atoms with Crippen LogP contribution in [0.1, 0.15) is 35.0 Å². The summed E-state index contributed by atoms with van der Waals surface area (Å²) in [6.07, 6.45) is 0.404. The predicted molar refractivity (Wildman–Crippen MR) is 128 cm³/mol. The maximum atomic E-state index is 14.1. The normalized spacial score (nSPS) is 12.0. The maximum Gasteiger partial charge on any atom is 0.163 e. The topological polar surface area (TPSA) is 57.7 Å². The Morgan fingerprint density at radius 1 is 1.03 bits per heavy atom. The first-order valence-corrected chi connectivity index (χ1v) is 11.3. The zero-order valence-corrected chi connectivity index (χ0v) is 19.4. The number of halogens is 1. The summed E-state index contributed by atoms with van der Waals surface area (Å²) in [5.41, 5.74) is 2.91. The molecule has 0 fully saturated rings. The molecule has 0 aliphatic rings. The minimum Gasteiger partial charge on any atom is -0.493 e. The summed E-state index contributed by atoms with van der Waals surface area (Å²) in [6, 6.07) is 15.9. The monoisotopic (exact) mass is 465 g/mol. The number of ketones is 1. The molecule has 170 valence electrons. The largest absolute Gasteiger partial charge is 0.493 e. The summed E-state index contributed by atoms with van der Waals surface area (Å²) >= 11 is 1.36. The van der Waals surface area contributed by atoms with Gasteiger partial charge in [0.25, 0.3) is 0 Å². The third-order valence-corrected chi connectivity index (χ3v) is 6.56. The lowest BCUT2D eigenvalue weighted by Gasteiger charge is -2.16. The number of rotatable bonds is 9. The van der Waals surface area contributed by atoms with E-state index in [1.54, 1.807) is 38.5 Å². The van der Waals surface area contributed by atoms with Gasteiger partial charge >= 0.3 is 0 Å². The van der Waals surface area contributed by atoms with E-state index in [0.717, 1.165) is 22.3 Å². The number of pyridine rings is 1. The van der Waals surface area contributed by atoms with Gasteiger partial charge in [0.05, 0.1) is 36.4 Å².